The van der Waals surface area contributed by atoms with E-state index in [2.05, 4.69) is 30.7 Å². The molecule has 0 aromatic carbocycles. The number of hydrogen-bond donors (Lipinski definition) is 3. The molecule has 1 saturated heterocycles. The molecule has 3 rings (SSSR count). The van der Waals surface area contributed by atoms with Gasteiger partial charge in [-0.05, 0) is 30.6 Å². The molecular formula is C18H26FN3O4S. The number of H-pyrrole nitrogens is 1. The fourth-order valence-corrected chi connectivity index (χ4v) is 5.58. The molecule has 1 aromatic heterocycles. The van der Waals surface area contributed by atoms with Gasteiger partial charge in [0, 0.05) is 11.7 Å². The Morgan fingerprint density at radius 1 is 1.52 bits per heavy atom. The molecule has 2 heterocycles. The number of anilines is 1. The Balaban J connectivity index is 1.92. The maximum atomic E-state index is 14.4. The normalized spacial score (nSPS) is 34.1. The number of thioether (sulfide) groups is 1. The van der Waals surface area contributed by atoms with Crippen LogP contribution in [0.4, 0.5) is 10.2 Å². The lowest BCUT2D eigenvalue weighted by Gasteiger charge is -2.45. The van der Waals surface area contributed by atoms with Crippen LogP contribution in [0.25, 0.3) is 0 Å². The van der Waals surface area contributed by atoms with Crippen LogP contribution in [0.3, 0.4) is 0 Å². The van der Waals surface area contributed by atoms with Gasteiger partial charge in [0.25, 0.3) is 0 Å². The molecule has 150 valence electrons. The number of ether oxygens (including phenoxy) is 1. The lowest BCUT2D eigenvalue weighted by Crippen LogP contribution is -2.47. The minimum absolute atomic E-state index is 0.0357. The van der Waals surface area contributed by atoms with Crippen molar-refractivity contribution < 1.29 is 19.0 Å². The number of nitrogens with two attached hydrogens (primary N) is 1. The van der Waals surface area contributed by atoms with Crippen molar-refractivity contribution in [3.63, 3.8) is 0 Å². The summed E-state index contributed by atoms with van der Waals surface area (Å²) in [6.07, 6.45) is 2.56. The molecule has 9 heteroatoms. The molecule has 0 bridgehead atoms. The molecule has 0 radical (unpaired) electrons. The van der Waals surface area contributed by atoms with Crippen LogP contribution in [0.5, 0.6) is 0 Å². The Hall–Kier alpha value is -1.61. The molecule has 1 aromatic rings. The van der Waals surface area contributed by atoms with Gasteiger partial charge < -0.3 is 20.6 Å². The highest BCUT2D eigenvalue weighted by atomic mass is 32.2. The number of carbonyl (C=O) groups is 1. The molecule has 2 aliphatic rings. The van der Waals surface area contributed by atoms with Crippen LogP contribution in [0.1, 0.15) is 58.3 Å². The molecule has 1 saturated carbocycles. The van der Waals surface area contributed by atoms with E-state index in [1.54, 1.807) is 0 Å². The second kappa shape index (κ2) is 7.09. The number of aliphatic carboxylic acids is 1. The van der Waals surface area contributed by atoms with Gasteiger partial charge in [0.05, 0.1) is 5.69 Å². The minimum Gasteiger partial charge on any atom is -0.478 e. The SMILES string of the molecule is CC(C)C1(C)CCCC([C@@]2(C(=O)O)O[C@@H](c3[nH]c(=O)nc(N)c3F)CS2)C1. The summed E-state index contributed by atoms with van der Waals surface area (Å²) in [6, 6.07) is 0. The molecule has 7 nitrogen and oxygen atoms in total. The van der Waals surface area contributed by atoms with E-state index in [9.17, 15) is 19.1 Å². The van der Waals surface area contributed by atoms with E-state index in [1.165, 1.54) is 11.8 Å². The van der Waals surface area contributed by atoms with E-state index < -0.39 is 34.3 Å². The number of aromatic amines is 1. The molecule has 0 spiro atoms. The summed E-state index contributed by atoms with van der Waals surface area (Å²) < 4.78 is 20.3. The smallest absolute Gasteiger partial charge is 0.347 e. The number of carboxylic acids is 1. The largest absolute Gasteiger partial charge is 0.478 e. The van der Waals surface area contributed by atoms with Crippen molar-refractivity contribution in [1.82, 2.24) is 9.97 Å². The zero-order valence-electron chi connectivity index (χ0n) is 15.8. The second-order valence-electron chi connectivity index (χ2n) is 8.15. The minimum atomic E-state index is -1.46. The standard InChI is InChI=1S/C18H26FN3O4S/c1-9(2)17(3)6-4-5-10(7-17)18(15(23)24)26-11(8-27-18)13-12(19)14(20)22-16(25)21-13/h9-11H,4-8H2,1-3H3,(H,23,24)(H3,20,21,22,25)/t10?,11-,17?,18-/m1/s1. The van der Waals surface area contributed by atoms with E-state index in [4.69, 9.17) is 10.5 Å². The highest BCUT2D eigenvalue weighted by molar-refractivity contribution is 8.01. The van der Waals surface area contributed by atoms with E-state index in [-0.39, 0.29) is 22.8 Å². The molecule has 2 fully saturated rings. The number of nitrogen functional groups attached to an aromatic ring is 1. The number of hydrogen-bond acceptors (Lipinski definition) is 6. The van der Waals surface area contributed by atoms with Gasteiger partial charge in [-0.25, -0.2) is 14.0 Å². The number of carboxylic acid groups (broad SMARTS) is 1. The highest BCUT2D eigenvalue weighted by Gasteiger charge is 2.56. The molecule has 1 aliphatic heterocycles. The van der Waals surface area contributed by atoms with Crippen LogP contribution in [-0.2, 0) is 9.53 Å². The van der Waals surface area contributed by atoms with Crippen LogP contribution in [0, 0.1) is 23.1 Å². The van der Waals surface area contributed by atoms with E-state index in [1.807, 2.05) is 0 Å². The zero-order valence-corrected chi connectivity index (χ0v) is 16.6. The molecule has 0 amide bonds. The lowest BCUT2D eigenvalue weighted by molar-refractivity contribution is -0.166. The van der Waals surface area contributed by atoms with Crippen molar-refractivity contribution in [3.05, 3.63) is 22.0 Å². The number of halogens is 1. The summed E-state index contributed by atoms with van der Waals surface area (Å²) in [4.78, 5) is 28.0. The molecule has 4 atom stereocenters. The van der Waals surface area contributed by atoms with Crippen molar-refractivity contribution in [2.24, 2.45) is 17.3 Å². The summed E-state index contributed by atoms with van der Waals surface area (Å²) in [5.74, 6) is -1.99. The Morgan fingerprint density at radius 2 is 2.22 bits per heavy atom. The Bertz CT molecular complexity index is 801. The van der Waals surface area contributed by atoms with Gasteiger partial charge >= 0.3 is 11.7 Å². The van der Waals surface area contributed by atoms with Crippen molar-refractivity contribution in [1.29, 1.82) is 0 Å². The summed E-state index contributed by atoms with van der Waals surface area (Å²) >= 11 is 1.17. The fraction of sp³-hybridized carbons (Fsp3) is 0.722. The first-order valence-corrected chi connectivity index (χ1v) is 10.2. The lowest BCUT2D eigenvalue weighted by atomic mass is 9.64. The first-order valence-electron chi connectivity index (χ1n) is 9.19. The Morgan fingerprint density at radius 3 is 2.85 bits per heavy atom. The van der Waals surface area contributed by atoms with Crippen molar-refractivity contribution >= 4 is 23.5 Å². The molecular weight excluding hydrogens is 373 g/mol. The second-order valence-corrected chi connectivity index (χ2v) is 9.38. The summed E-state index contributed by atoms with van der Waals surface area (Å²) in [5.41, 5.74) is 4.56. The number of rotatable bonds is 4. The van der Waals surface area contributed by atoms with Gasteiger partial charge in [0.1, 0.15) is 6.10 Å². The Kier molecular flexibility index (Phi) is 5.28. The van der Waals surface area contributed by atoms with E-state index in [0.717, 1.165) is 25.7 Å². The Labute approximate surface area is 161 Å². The third-order valence-electron chi connectivity index (χ3n) is 6.26. The van der Waals surface area contributed by atoms with E-state index >= 15 is 0 Å². The van der Waals surface area contributed by atoms with Gasteiger partial charge in [0.2, 0.25) is 4.93 Å². The fourth-order valence-electron chi connectivity index (χ4n) is 4.21. The quantitative estimate of drug-likeness (QED) is 0.712. The van der Waals surface area contributed by atoms with Gasteiger partial charge in [-0.3, -0.25) is 0 Å². The van der Waals surface area contributed by atoms with Crippen molar-refractivity contribution in [2.75, 3.05) is 11.5 Å². The third-order valence-corrected chi connectivity index (χ3v) is 7.76. The average Bonchev–Trinajstić information content (AvgIpc) is 3.04. The van der Waals surface area contributed by atoms with Gasteiger partial charge in [0.15, 0.2) is 11.6 Å². The first-order chi connectivity index (χ1) is 12.6. The topological polar surface area (TPSA) is 118 Å². The van der Waals surface area contributed by atoms with Crippen molar-refractivity contribution in [2.45, 2.75) is 57.5 Å². The number of nitrogens with one attached hydrogen (secondary N) is 1. The summed E-state index contributed by atoms with van der Waals surface area (Å²) in [5, 5.41) is 10.0. The monoisotopic (exact) mass is 399 g/mol. The molecule has 1 aliphatic carbocycles. The maximum Gasteiger partial charge on any atom is 0.347 e. The summed E-state index contributed by atoms with van der Waals surface area (Å²) in [6.45, 7) is 6.50. The van der Waals surface area contributed by atoms with Gasteiger partial charge in [-0.2, -0.15) is 4.98 Å². The van der Waals surface area contributed by atoms with Crippen LogP contribution < -0.4 is 11.4 Å². The third kappa shape index (κ3) is 3.47. The predicted octanol–water partition coefficient (Wildman–Crippen LogP) is 2.93. The van der Waals surface area contributed by atoms with Crippen LogP contribution in [0.2, 0.25) is 0 Å². The first kappa shape index (κ1) is 20.1. The number of aromatic nitrogens is 2. The molecule has 2 unspecified atom stereocenters. The van der Waals surface area contributed by atoms with Crippen molar-refractivity contribution in [3.8, 4) is 0 Å². The van der Waals surface area contributed by atoms with Gasteiger partial charge in [-0.15, -0.1) is 11.8 Å². The molecule has 4 N–H and O–H groups in total. The average molecular weight is 399 g/mol. The number of nitrogens with zero attached hydrogens (tertiary/aromatic N) is 1. The zero-order chi connectivity index (χ0) is 20.0. The van der Waals surface area contributed by atoms with Gasteiger partial charge in [-0.1, -0.05) is 27.2 Å². The molecule has 27 heavy (non-hydrogen) atoms. The van der Waals surface area contributed by atoms with Crippen LogP contribution >= 0.6 is 11.8 Å². The predicted molar refractivity (Wildman–Crippen MR) is 101 cm³/mol. The highest BCUT2D eigenvalue weighted by Crippen LogP contribution is 2.56. The summed E-state index contributed by atoms with van der Waals surface area (Å²) in [7, 11) is 0. The maximum absolute atomic E-state index is 14.4. The van der Waals surface area contributed by atoms with Crippen LogP contribution in [0.15, 0.2) is 4.79 Å². The van der Waals surface area contributed by atoms with Crippen LogP contribution in [-0.4, -0.2) is 31.7 Å². The van der Waals surface area contributed by atoms with E-state index in [0.29, 0.717) is 5.92 Å².